The molecule has 2 aliphatic heterocycles. The summed E-state index contributed by atoms with van der Waals surface area (Å²) >= 11 is 0. The van der Waals surface area contributed by atoms with Gasteiger partial charge < -0.3 is 28.5 Å². The van der Waals surface area contributed by atoms with Gasteiger partial charge in [0.15, 0.2) is 17.3 Å². The number of para-hydroxylation sites is 1. The van der Waals surface area contributed by atoms with Crippen molar-refractivity contribution in [3.8, 4) is 22.8 Å². The summed E-state index contributed by atoms with van der Waals surface area (Å²) in [6, 6.07) is 14.0. The Kier molecular flexibility index (Phi) is 5.64. The molecule has 166 valence electrons. The second kappa shape index (κ2) is 8.88. The van der Waals surface area contributed by atoms with E-state index in [1.165, 1.54) is 6.07 Å². The average Bonchev–Trinajstić information content (AvgIpc) is 3.48. The first-order valence-electron chi connectivity index (χ1n) is 10.4. The molecule has 0 aliphatic carbocycles. The molecule has 1 aromatic heterocycles. The molecule has 1 amide bonds. The van der Waals surface area contributed by atoms with Crippen molar-refractivity contribution in [2.75, 3.05) is 44.5 Å². The van der Waals surface area contributed by atoms with Crippen LogP contribution in [-0.4, -0.2) is 55.5 Å². The second-order valence-corrected chi connectivity index (χ2v) is 7.56. The number of carbonyl (C=O) groups excluding carboxylic acids is 1. The summed E-state index contributed by atoms with van der Waals surface area (Å²) in [5.41, 5.74) is 1.98. The molecule has 9 heteroatoms. The number of fused-ring (bicyclic) bond motifs is 1. The maximum Gasteiger partial charge on any atom is 0.248 e. The van der Waals surface area contributed by atoms with Gasteiger partial charge in [0.25, 0.3) is 0 Å². The number of nitrogens with zero attached hydrogens (tertiary/aromatic N) is 3. The summed E-state index contributed by atoms with van der Waals surface area (Å²) < 4.78 is 35.6. The number of amides is 1. The fourth-order valence-electron chi connectivity index (χ4n) is 3.80. The molecule has 0 saturated carbocycles. The van der Waals surface area contributed by atoms with E-state index in [9.17, 15) is 9.18 Å². The van der Waals surface area contributed by atoms with Crippen LogP contribution in [0, 0.1) is 5.82 Å². The van der Waals surface area contributed by atoms with Crippen LogP contribution in [0.25, 0.3) is 11.3 Å². The van der Waals surface area contributed by atoms with Crippen LogP contribution < -0.4 is 14.4 Å². The number of carbonyl (C=O) groups is 1. The Bertz CT molecular complexity index is 1110. The number of anilines is 1. The van der Waals surface area contributed by atoms with Crippen LogP contribution >= 0.6 is 0 Å². The van der Waals surface area contributed by atoms with Crippen LogP contribution in [0.2, 0.25) is 0 Å². The Morgan fingerprint density at radius 3 is 2.69 bits per heavy atom. The van der Waals surface area contributed by atoms with Crippen molar-refractivity contribution >= 4 is 11.6 Å². The number of halogens is 1. The van der Waals surface area contributed by atoms with Crippen molar-refractivity contribution in [2.24, 2.45) is 0 Å². The first kappa shape index (κ1) is 20.3. The molecule has 0 spiro atoms. The zero-order chi connectivity index (χ0) is 21.9. The van der Waals surface area contributed by atoms with Crippen molar-refractivity contribution in [1.29, 1.82) is 0 Å². The Hall–Kier alpha value is -3.59. The highest BCUT2D eigenvalue weighted by Gasteiger charge is 2.23. The summed E-state index contributed by atoms with van der Waals surface area (Å²) in [5, 5.41) is 4.01. The normalized spacial score (nSPS) is 15.3. The largest absolute Gasteiger partial charge is 0.454 e. The van der Waals surface area contributed by atoms with Gasteiger partial charge >= 0.3 is 0 Å². The molecule has 1 saturated heterocycles. The number of piperazine rings is 1. The zero-order valence-electron chi connectivity index (χ0n) is 17.3. The zero-order valence-corrected chi connectivity index (χ0v) is 17.3. The van der Waals surface area contributed by atoms with E-state index in [-0.39, 0.29) is 31.7 Å². The Morgan fingerprint density at radius 2 is 1.84 bits per heavy atom. The van der Waals surface area contributed by atoms with E-state index < -0.39 is 0 Å². The molecule has 3 aromatic rings. The molecule has 8 nitrogen and oxygen atoms in total. The van der Waals surface area contributed by atoms with Crippen LogP contribution in [0.15, 0.2) is 53.1 Å². The lowest BCUT2D eigenvalue weighted by Gasteiger charge is -2.36. The summed E-state index contributed by atoms with van der Waals surface area (Å²) in [6.45, 7) is 2.52. The van der Waals surface area contributed by atoms with Gasteiger partial charge in [0.05, 0.1) is 12.3 Å². The minimum absolute atomic E-state index is 0.0497. The fourth-order valence-corrected chi connectivity index (χ4v) is 3.80. The number of rotatable bonds is 6. The Morgan fingerprint density at radius 1 is 1.03 bits per heavy atom. The first-order chi connectivity index (χ1) is 15.7. The maximum atomic E-state index is 14.0. The molecule has 0 atom stereocenters. The number of benzene rings is 2. The minimum atomic E-state index is -0.247. The predicted octanol–water partition coefficient (Wildman–Crippen LogP) is 3.07. The molecule has 5 rings (SSSR count). The lowest BCUT2D eigenvalue weighted by molar-refractivity contribution is -0.136. The van der Waals surface area contributed by atoms with E-state index in [4.69, 9.17) is 18.7 Å². The molecular weight excluding hydrogens is 417 g/mol. The number of aromatic nitrogens is 1. The molecule has 32 heavy (non-hydrogen) atoms. The topological polar surface area (TPSA) is 77.3 Å². The van der Waals surface area contributed by atoms with Crippen molar-refractivity contribution < 1.29 is 27.9 Å². The molecular formula is C23H22FN3O5. The third kappa shape index (κ3) is 4.24. The van der Waals surface area contributed by atoms with Crippen LogP contribution in [0.4, 0.5) is 10.1 Å². The third-order valence-corrected chi connectivity index (χ3v) is 5.52. The van der Waals surface area contributed by atoms with E-state index in [0.717, 1.165) is 5.56 Å². The first-order valence-corrected chi connectivity index (χ1v) is 10.4. The molecule has 0 bridgehead atoms. The van der Waals surface area contributed by atoms with Gasteiger partial charge in [-0.1, -0.05) is 17.3 Å². The fraction of sp³-hybridized carbons (Fsp3) is 0.304. The molecule has 0 N–H and O–H groups in total. The van der Waals surface area contributed by atoms with Crippen LogP contribution in [-0.2, 0) is 16.1 Å². The minimum Gasteiger partial charge on any atom is -0.454 e. The Labute approximate surface area is 184 Å². The Balaban J connectivity index is 1.09. The quantitative estimate of drug-likeness (QED) is 0.584. The number of ether oxygens (including phenoxy) is 3. The van der Waals surface area contributed by atoms with Gasteiger partial charge in [-0.2, -0.15) is 0 Å². The van der Waals surface area contributed by atoms with E-state index in [1.807, 2.05) is 29.2 Å². The number of hydrogen-bond acceptors (Lipinski definition) is 7. The van der Waals surface area contributed by atoms with Gasteiger partial charge in [-0.25, -0.2) is 4.39 Å². The van der Waals surface area contributed by atoms with E-state index in [2.05, 4.69) is 5.16 Å². The van der Waals surface area contributed by atoms with Crippen molar-refractivity contribution in [3.63, 3.8) is 0 Å². The SMILES string of the molecule is O=C(COCc1cc(-c2ccc3c(c2)OCO3)on1)N1CCN(c2ccccc2F)CC1. The van der Waals surface area contributed by atoms with Gasteiger partial charge in [-0.3, -0.25) is 4.79 Å². The van der Waals surface area contributed by atoms with E-state index >= 15 is 0 Å². The summed E-state index contributed by atoms with van der Waals surface area (Å²) in [4.78, 5) is 16.2. The van der Waals surface area contributed by atoms with Crippen LogP contribution in [0.1, 0.15) is 5.69 Å². The smallest absolute Gasteiger partial charge is 0.248 e. The number of hydrogen-bond donors (Lipinski definition) is 0. The average molecular weight is 439 g/mol. The monoisotopic (exact) mass is 439 g/mol. The lowest BCUT2D eigenvalue weighted by Crippen LogP contribution is -2.50. The highest BCUT2D eigenvalue weighted by atomic mass is 19.1. The van der Waals surface area contributed by atoms with Crippen molar-refractivity contribution in [3.05, 3.63) is 60.0 Å². The molecule has 1 fully saturated rings. The van der Waals surface area contributed by atoms with Crippen molar-refractivity contribution in [1.82, 2.24) is 10.1 Å². The van der Waals surface area contributed by atoms with E-state index in [1.54, 1.807) is 23.1 Å². The molecule has 0 radical (unpaired) electrons. The standard InChI is InChI=1S/C23H22FN3O5/c24-18-3-1-2-4-19(18)26-7-9-27(10-8-26)23(28)14-29-13-17-12-21(32-25-17)16-5-6-20-22(11-16)31-15-30-20/h1-6,11-12H,7-10,13-15H2. The summed E-state index contributed by atoms with van der Waals surface area (Å²) in [7, 11) is 0. The van der Waals surface area contributed by atoms with Crippen molar-refractivity contribution in [2.45, 2.75) is 6.61 Å². The molecule has 2 aliphatic rings. The highest BCUT2D eigenvalue weighted by molar-refractivity contribution is 5.77. The maximum absolute atomic E-state index is 14.0. The second-order valence-electron chi connectivity index (χ2n) is 7.56. The van der Waals surface area contributed by atoms with Crippen LogP contribution in [0.5, 0.6) is 11.5 Å². The van der Waals surface area contributed by atoms with Gasteiger partial charge in [-0.05, 0) is 30.3 Å². The molecule has 0 unspecified atom stereocenters. The highest BCUT2D eigenvalue weighted by Crippen LogP contribution is 2.36. The van der Waals surface area contributed by atoms with Gasteiger partial charge in [0, 0.05) is 37.8 Å². The van der Waals surface area contributed by atoms with Gasteiger partial charge in [-0.15, -0.1) is 0 Å². The van der Waals surface area contributed by atoms with E-state index in [0.29, 0.717) is 54.8 Å². The predicted molar refractivity (Wildman–Crippen MR) is 113 cm³/mol. The van der Waals surface area contributed by atoms with Gasteiger partial charge in [0.2, 0.25) is 12.7 Å². The third-order valence-electron chi connectivity index (χ3n) is 5.52. The summed E-state index contributed by atoms with van der Waals surface area (Å²) in [6.07, 6.45) is 0. The molecule has 2 aromatic carbocycles. The molecule has 3 heterocycles. The van der Waals surface area contributed by atoms with Crippen LogP contribution in [0.3, 0.4) is 0 Å². The lowest BCUT2D eigenvalue weighted by atomic mass is 10.1. The van der Waals surface area contributed by atoms with Gasteiger partial charge in [0.1, 0.15) is 18.1 Å². The summed E-state index contributed by atoms with van der Waals surface area (Å²) in [5.74, 6) is 1.60.